The molecule has 98 valence electrons. The number of aliphatic hydroxyl groups is 1. The van der Waals surface area contributed by atoms with Crippen LogP contribution in [-0.4, -0.2) is 17.9 Å². The summed E-state index contributed by atoms with van der Waals surface area (Å²) in [6, 6.07) is 9.34. The van der Waals surface area contributed by atoms with Crippen LogP contribution in [0.3, 0.4) is 0 Å². The van der Waals surface area contributed by atoms with Crippen LogP contribution >= 0.6 is 0 Å². The molecule has 1 aromatic rings. The minimum absolute atomic E-state index is 0.223. The molecule has 2 N–H and O–H groups in total. The van der Waals surface area contributed by atoms with Gasteiger partial charge in [0.25, 0.3) is 0 Å². The topological polar surface area (TPSA) is 68.4 Å². The number of aliphatic imine (C=N–C) groups is 1. The Labute approximate surface area is 113 Å². The molecule has 0 aliphatic heterocycles. The summed E-state index contributed by atoms with van der Waals surface area (Å²) < 4.78 is 0. The number of nitrogens with zero attached hydrogens (tertiary/aromatic N) is 2. The summed E-state index contributed by atoms with van der Waals surface area (Å²) in [5.41, 5.74) is 2.21. The molecule has 0 unspecified atom stereocenters. The highest BCUT2D eigenvalue weighted by Gasteiger charge is 1.90. The summed E-state index contributed by atoms with van der Waals surface area (Å²) >= 11 is 0. The van der Waals surface area contributed by atoms with E-state index in [4.69, 9.17) is 10.4 Å². The maximum Gasteiger partial charge on any atom is 0.110 e. The second kappa shape index (κ2) is 7.72. The van der Waals surface area contributed by atoms with Crippen molar-refractivity contribution >= 4 is 11.9 Å². The second-order valence-corrected chi connectivity index (χ2v) is 3.95. The van der Waals surface area contributed by atoms with Crippen molar-refractivity contribution in [3.05, 3.63) is 53.4 Å². The van der Waals surface area contributed by atoms with E-state index in [1.165, 1.54) is 0 Å². The number of nitriles is 1. The van der Waals surface area contributed by atoms with Crippen LogP contribution in [0.15, 0.2) is 52.9 Å². The van der Waals surface area contributed by atoms with Crippen molar-refractivity contribution in [1.82, 2.24) is 0 Å². The summed E-state index contributed by atoms with van der Waals surface area (Å²) in [6.07, 6.45) is 5.36. The number of hydrogen-bond acceptors (Lipinski definition) is 4. The Balaban J connectivity index is 2.38. The molecular weight excluding hydrogens is 238 g/mol. The number of benzene rings is 1. The van der Waals surface area contributed by atoms with Crippen molar-refractivity contribution in [2.24, 2.45) is 4.99 Å². The molecule has 0 atom stereocenters. The lowest BCUT2D eigenvalue weighted by molar-refractivity contribution is 0.406. The van der Waals surface area contributed by atoms with Gasteiger partial charge in [0.05, 0.1) is 17.3 Å². The van der Waals surface area contributed by atoms with Crippen LogP contribution in [-0.2, 0) is 0 Å². The first-order valence-electron chi connectivity index (χ1n) is 5.93. The first kappa shape index (κ1) is 14.5. The minimum Gasteiger partial charge on any atom is -0.511 e. The van der Waals surface area contributed by atoms with Gasteiger partial charge in [-0.3, -0.25) is 4.99 Å². The number of rotatable bonds is 5. The van der Waals surface area contributed by atoms with Gasteiger partial charge in [-0.1, -0.05) is 6.08 Å². The molecule has 0 spiro atoms. The van der Waals surface area contributed by atoms with E-state index in [1.807, 2.05) is 24.3 Å². The highest BCUT2D eigenvalue weighted by molar-refractivity contribution is 5.72. The molecule has 1 aromatic carbocycles. The van der Waals surface area contributed by atoms with Crippen LogP contribution in [0, 0.1) is 11.3 Å². The average molecular weight is 255 g/mol. The maximum absolute atomic E-state index is 9.12. The smallest absolute Gasteiger partial charge is 0.110 e. The summed E-state index contributed by atoms with van der Waals surface area (Å²) in [5, 5.41) is 21.0. The van der Waals surface area contributed by atoms with Crippen LogP contribution in [0.4, 0.5) is 5.69 Å². The minimum atomic E-state index is 0.223. The molecule has 4 heteroatoms. The monoisotopic (exact) mass is 255 g/mol. The maximum atomic E-state index is 9.12. The molecule has 0 bridgehead atoms. The van der Waals surface area contributed by atoms with Gasteiger partial charge in [0.1, 0.15) is 5.76 Å². The van der Waals surface area contributed by atoms with Gasteiger partial charge in [-0.2, -0.15) is 5.26 Å². The van der Waals surface area contributed by atoms with Crippen molar-refractivity contribution in [3.63, 3.8) is 0 Å². The average Bonchev–Trinajstić information content (AvgIpc) is 2.42. The first-order valence-corrected chi connectivity index (χ1v) is 5.93. The van der Waals surface area contributed by atoms with Crippen molar-refractivity contribution in [2.75, 3.05) is 11.9 Å². The highest BCUT2D eigenvalue weighted by Crippen LogP contribution is 2.08. The number of allylic oxidation sites excluding steroid dienone is 3. The Morgan fingerprint density at radius 3 is 2.63 bits per heavy atom. The third kappa shape index (κ3) is 5.55. The van der Waals surface area contributed by atoms with Gasteiger partial charge in [-0.05, 0) is 44.2 Å². The van der Waals surface area contributed by atoms with Crippen molar-refractivity contribution in [2.45, 2.75) is 13.8 Å². The van der Waals surface area contributed by atoms with Gasteiger partial charge < -0.3 is 10.4 Å². The lowest BCUT2D eigenvalue weighted by atomic mass is 10.2. The van der Waals surface area contributed by atoms with Gasteiger partial charge in [-0.15, -0.1) is 0 Å². The van der Waals surface area contributed by atoms with Crippen LogP contribution in [0.25, 0.3) is 0 Å². The van der Waals surface area contributed by atoms with E-state index in [0.29, 0.717) is 17.8 Å². The Hall–Kier alpha value is -2.54. The Morgan fingerprint density at radius 2 is 2.05 bits per heavy atom. The number of anilines is 1. The van der Waals surface area contributed by atoms with Gasteiger partial charge in [0.2, 0.25) is 0 Å². The SMILES string of the molecule is C\C(O)=C(C)/N=C/C=C/CNc1ccc(C#N)cc1. The predicted octanol–water partition coefficient (Wildman–Crippen LogP) is 3.41. The van der Waals surface area contributed by atoms with E-state index >= 15 is 0 Å². The van der Waals surface area contributed by atoms with Crippen LogP contribution in [0.5, 0.6) is 0 Å². The molecule has 0 aliphatic carbocycles. The molecule has 0 aromatic heterocycles. The predicted molar refractivity (Wildman–Crippen MR) is 78.3 cm³/mol. The quantitative estimate of drug-likeness (QED) is 0.625. The van der Waals surface area contributed by atoms with Gasteiger partial charge >= 0.3 is 0 Å². The summed E-state index contributed by atoms with van der Waals surface area (Å²) in [6.45, 7) is 4.01. The highest BCUT2D eigenvalue weighted by atomic mass is 16.3. The zero-order valence-electron chi connectivity index (χ0n) is 11.1. The number of hydrogen-bond donors (Lipinski definition) is 2. The number of nitrogens with one attached hydrogen (secondary N) is 1. The summed E-state index contributed by atoms with van der Waals surface area (Å²) in [7, 11) is 0. The van der Waals surface area contributed by atoms with E-state index in [2.05, 4.69) is 16.4 Å². The van der Waals surface area contributed by atoms with Crippen molar-refractivity contribution in [1.29, 1.82) is 5.26 Å². The van der Waals surface area contributed by atoms with Crippen LogP contribution in [0.1, 0.15) is 19.4 Å². The zero-order chi connectivity index (χ0) is 14.1. The normalized spacial score (nSPS) is 12.5. The molecule has 4 nitrogen and oxygen atoms in total. The fourth-order valence-corrected chi connectivity index (χ4v) is 1.22. The Kier molecular flexibility index (Phi) is 5.90. The third-order valence-corrected chi connectivity index (χ3v) is 2.45. The second-order valence-electron chi connectivity index (χ2n) is 3.95. The van der Waals surface area contributed by atoms with E-state index in [1.54, 1.807) is 32.2 Å². The molecule has 0 amide bonds. The zero-order valence-corrected chi connectivity index (χ0v) is 11.1. The Morgan fingerprint density at radius 1 is 1.37 bits per heavy atom. The summed E-state index contributed by atoms with van der Waals surface area (Å²) in [4.78, 5) is 4.04. The molecule has 0 saturated carbocycles. The lowest BCUT2D eigenvalue weighted by Crippen LogP contribution is -1.97. The molecule has 0 saturated heterocycles. The molecule has 0 heterocycles. The molecule has 0 radical (unpaired) electrons. The van der Waals surface area contributed by atoms with Crippen molar-refractivity contribution in [3.8, 4) is 6.07 Å². The van der Waals surface area contributed by atoms with Gasteiger partial charge in [0, 0.05) is 18.4 Å². The van der Waals surface area contributed by atoms with Crippen LogP contribution < -0.4 is 5.32 Å². The van der Waals surface area contributed by atoms with E-state index in [0.717, 1.165) is 5.69 Å². The number of aliphatic hydroxyl groups excluding tert-OH is 1. The summed E-state index contributed by atoms with van der Waals surface area (Å²) in [5.74, 6) is 0.223. The molecular formula is C15H17N3O. The third-order valence-electron chi connectivity index (χ3n) is 2.45. The molecule has 0 aliphatic rings. The largest absolute Gasteiger partial charge is 0.511 e. The van der Waals surface area contributed by atoms with E-state index in [-0.39, 0.29) is 5.76 Å². The molecule has 19 heavy (non-hydrogen) atoms. The molecule has 0 fully saturated rings. The van der Waals surface area contributed by atoms with Crippen molar-refractivity contribution < 1.29 is 5.11 Å². The van der Waals surface area contributed by atoms with Gasteiger partial charge in [0.15, 0.2) is 0 Å². The fourth-order valence-electron chi connectivity index (χ4n) is 1.22. The fraction of sp³-hybridized carbons (Fsp3) is 0.200. The van der Waals surface area contributed by atoms with E-state index in [9.17, 15) is 0 Å². The van der Waals surface area contributed by atoms with E-state index < -0.39 is 0 Å². The Bertz CT molecular complexity index is 530. The van der Waals surface area contributed by atoms with Gasteiger partial charge in [-0.25, -0.2) is 0 Å². The van der Waals surface area contributed by atoms with Crippen LogP contribution in [0.2, 0.25) is 0 Å². The first-order chi connectivity index (χ1) is 9.13. The standard InChI is InChI=1S/C15H17N3O/c1-12(13(2)19)17-9-3-4-10-18-15-7-5-14(11-16)6-8-15/h3-9,18-19H,10H2,1-2H3/b4-3+,13-12+,17-9+. The lowest BCUT2D eigenvalue weighted by Gasteiger charge is -2.01. The molecule has 1 rings (SSSR count).